The lowest BCUT2D eigenvalue weighted by Gasteiger charge is -2.40. The fourth-order valence-corrected chi connectivity index (χ4v) is 10.5. The van der Waals surface area contributed by atoms with Crippen molar-refractivity contribution in [3.05, 3.63) is 0 Å². The fourth-order valence-electron chi connectivity index (χ4n) is 10.5. The number of nitrogens with zero attached hydrogens (tertiary/aromatic N) is 2. The Hall–Kier alpha value is -1.80. The highest BCUT2D eigenvalue weighted by molar-refractivity contribution is 6.06. The molecule has 0 aromatic carbocycles. The lowest BCUT2D eigenvalue weighted by Crippen LogP contribution is -2.45. The van der Waals surface area contributed by atoms with Crippen molar-refractivity contribution in [1.82, 2.24) is 9.80 Å². The summed E-state index contributed by atoms with van der Waals surface area (Å²) in [6.45, 7) is 2.35. The first-order valence-corrected chi connectivity index (χ1v) is 18.3. The number of ether oxygens (including phenoxy) is 2. The lowest BCUT2D eigenvalue weighted by atomic mass is 9.64. The van der Waals surface area contributed by atoms with E-state index in [0.29, 0.717) is 17.9 Å². The molecule has 4 amide bonds. The van der Waals surface area contributed by atoms with E-state index in [2.05, 4.69) is 6.92 Å². The highest BCUT2D eigenvalue weighted by Crippen LogP contribution is 2.50. The van der Waals surface area contributed by atoms with E-state index in [9.17, 15) is 19.2 Å². The van der Waals surface area contributed by atoms with Gasteiger partial charge in [-0.3, -0.25) is 29.0 Å². The minimum Gasteiger partial charge on any atom is -0.372 e. The van der Waals surface area contributed by atoms with E-state index < -0.39 is 0 Å². The van der Waals surface area contributed by atoms with Crippen LogP contribution in [0, 0.1) is 41.4 Å². The van der Waals surface area contributed by atoms with Gasteiger partial charge in [-0.25, -0.2) is 0 Å². The average Bonchev–Trinajstić information content (AvgIpc) is 3.42. The quantitative estimate of drug-likeness (QED) is 0.361. The molecule has 8 atom stereocenters. The minimum absolute atomic E-state index is 0.00497. The van der Waals surface area contributed by atoms with Crippen LogP contribution in [0.5, 0.6) is 0 Å². The molecule has 2 saturated heterocycles. The Morgan fingerprint density at radius 3 is 1.55 bits per heavy atom. The molecule has 8 unspecified atom stereocenters. The van der Waals surface area contributed by atoms with Gasteiger partial charge in [0.25, 0.3) is 0 Å². The van der Waals surface area contributed by atoms with Crippen LogP contribution in [-0.2, 0) is 28.7 Å². The maximum atomic E-state index is 13.8. The van der Waals surface area contributed by atoms with Gasteiger partial charge < -0.3 is 9.47 Å². The molecule has 8 heteroatoms. The van der Waals surface area contributed by atoms with Gasteiger partial charge in [0, 0.05) is 13.1 Å². The van der Waals surface area contributed by atoms with E-state index in [1.165, 1.54) is 43.4 Å². The molecule has 0 radical (unpaired) electrons. The van der Waals surface area contributed by atoms with Gasteiger partial charge in [0.2, 0.25) is 23.6 Å². The second kappa shape index (κ2) is 12.8. The number of hydrogen-bond acceptors (Lipinski definition) is 6. The van der Waals surface area contributed by atoms with Crippen LogP contribution in [0.15, 0.2) is 0 Å². The topological polar surface area (TPSA) is 93.2 Å². The molecule has 7 aliphatic rings. The summed E-state index contributed by atoms with van der Waals surface area (Å²) >= 11 is 0. The zero-order chi connectivity index (χ0) is 30.5. The molecule has 44 heavy (non-hydrogen) atoms. The summed E-state index contributed by atoms with van der Waals surface area (Å²) in [6, 6.07) is -0.00497. The summed E-state index contributed by atoms with van der Waals surface area (Å²) in [5.74, 6) is 0.886. The van der Waals surface area contributed by atoms with E-state index >= 15 is 0 Å². The first-order valence-electron chi connectivity index (χ1n) is 18.3. The molecular weight excluding hydrogens is 556 g/mol. The predicted molar refractivity (Wildman–Crippen MR) is 164 cm³/mol. The third-order valence-corrected chi connectivity index (χ3v) is 13.2. The molecular formula is C36H54N2O6. The van der Waals surface area contributed by atoms with Gasteiger partial charge in [-0.1, -0.05) is 19.8 Å². The number of hydrogen-bond donors (Lipinski definition) is 0. The maximum Gasteiger partial charge on any atom is 0.233 e. The van der Waals surface area contributed by atoms with Crippen molar-refractivity contribution in [2.45, 2.75) is 153 Å². The van der Waals surface area contributed by atoms with Crippen LogP contribution in [0.25, 0.3) is 0 Å². The van der Waals surface area contributed by atoms with Gasteiger partial charge in [-0.05, 0) is 120 Å². The van der Waals surface area contributed by atoms with Crippen LogP contribution in [-0.4, -0.2) is 70.9 Å². The summed E-state index contributed by atoms with van der Waals surface area (Å²) in [7, 11) is 1.61. The molecule has 2 heterocycles. The molecule has 0 N–H and O–H groups in total. The number of fused-ring (bicyclic) bond motifs is 2. The number of carbonyl (C=O) groups excluding carboxylic acids is 4. The molecule has 0 bridgehead atoms. The van der Waals surface area contributed by atoms with Gasteiger partial charge >= 0.3 is 0 Å². The second-order valence-corrected chi connectivity index (χ2v) is 15.8. The van der Waals surface area contributed by atoms with Crippen LogP contribution in [0.3, 0.4) is 0 Å². The molecule has 7 rings (SSSR count). The molecule has 2 aliphatic heterocycles. The van der Waals surface area contributed by atoms with Crippen LogP contribution in [0.4, 0.5) is 0 Å². The molecule has 5 saturated carbocycles. The Labute approximate surface area is 263 Å². The molecule has 5 aliphatic carbocycles. The Morgan fingerprint density at radius 1 is 0.523 bits per heavy atom. The first kappa shape index (κ1) is 30.8. The van der Waals surface area contributed by atoms with E-state index in [0.717, 1.165) is 83.0 Å². The Balaban J connectivity index is 0.913. The molecule has 8 nitrogen and oxygen atoms in total. The molecule has 7 fully saturated rings. The van der Waals surface area contributed by atoms with E-state index in [1.807, 2.05) is 0 Å². The Kier molecular flexibility index (Phi) is 8.95. The predicted octanol–water partition coefficient (Wildman–Crippen LogP) is 5.65. The smallest absolute Gasteiger partial charge is 0.233 e. The third-order valence-electron chi connectivity index (χ3n) is 13.2. The van der Waals surface area contributed by atoms with Gasteiger partial charge in [-0.15, -0.1) is 0 Å². The molecule has 244 valence electrons. The van der Waals surface area contributed by atoms with E-state index in [-0.39, 0.29) is 71.7 Å². The number of amides is 4. The fraction of sp³-hybridized carbons (Fsp3) is 0.889. The van der Waals surface area contributed by atoms with Crippen molar-refractivity contribution >= 4 is 23.6 Å². The minimum atomic E-state index is -0.209. The summed E-state index contributed by atoms with van der Waals surface area (Å²) in [5, 5.41) is 0. The molecule has 0 aromatic heterocycles. The standard InChI is InChI=1S/C36H54N2O6/c1-21-7-13-25(14-8-21)43-31-5-3-4-6-32(31)44-26-15-11-24(12-16-26)38-35(41)28-18-10-23(20-30(28)36(38)42)22-9-17-27-29(19-22)34(40)37(2)33(27)39/h21-32H,3-20H2,1-2H3. The van der Waals surface area contributed by atoms with Crippen molar-refractivity contribution < 1.29 is 28.7 Å². The summed E-state index contributed by atoms with van der Waals surface area (Å²) < 4.78 is 13.4. The van der Waals surface area contributed by atoms with Crippen molar-refractivity contribution in [2.75, 3.05) is 7.05 Å². The normalized spacial score (nSPS) is 45.0. The number of likely N-dealkylation sites (tertiary alicyclic amines) is 2. The van der Waals surface area contributed by atoms with Gasteiger partial charge in [0.05, 0.1) is 48.1 Å². The monoisotopic (exact) mass is 610 g/mol. The SMILES string of the molecule is CC1CCC(OC2CCCCC2OC2CCC(N3C(=O)C4CCC(C5CCC6C(=O)N(C)C(=O)C6C5)CC4C3=O)CC2)CC1. The third kappa shape index (κ3) is 5.80. The number of carbonyl (C=O) groups is 4. The molecule has 0 aromatic rings. The van der Waals surface area contributed by atoms with Crippen molar-refractivity contribution in [1.29, 1.82) is 0 Å². The van der Waals surface area contributed by atoms with Crippen LogP contribution in [0.2, 0.25) is 0 Å². The van der Waals surface area contributed by atoms with E-state index in [4.69, 9.17) is 9.47 Å². The Morgan fingerprint density at radius 2 is 0.977 bits per heavy atom. The summed E-state index contributed by atoms with van der Waals surface area (Å²) in [5.41, 5.74) is 0. The van der Waals surface area contributed by atoms with Crippen LogP contribution >= 0.6 is 0 Å². The summed E-state index contributed by atoms with van der Waals surface area (Å²) in [4.78, 5) is 55.6. The van der Waals surface area contributed by atoms with Crippen LogP contribution < -0.4 is 0 Å². The lowest BCUT2D eigenvalue weighted by molar-refractivity contribution is -0.155. The first-order chi connectivity index (χ1) is 21.3. The maximum absolute atomic E-state index is 13.8. The number of imide groups is 2. The summed E-state index contributed by atoms with van der Waals surface area (Å²) in [6.07, 6.45) is 18.8. The zero-order valence-corrected chi connectivity index (χ0v) is 27.0. The highest BCUT2D eigenvalue weighted by Gasteiger charge is 2.55. The van der Waals surface area contributed by atoms with Crippen LogP contribution in [0.1, 0.15) is 122 Å². The van der Waals surface area contributed by atoms with Crippen molar-refractivity contribution in [3.63, 3.8) is 0 Å². The molecule has 0 spiro atoms. The van der Waals surface area contributed by atoms with Gasteiger partial charge in [-0.2, -0.15) is 0 Å². The van der Waals surface area contributed by atoms with Gasteiger partial charge in [0.1, 0.15) is 0 Å². The largest absolute Gasteiger partial charge is 0.372 e. The van der Waals surface area contributed by atoms with Crippen molar-refractivity contribution in [3.8, 4) is 0 Å². The Bertz CT molecular complexity index is 1110. The number of rotatable bonds is 6. The second-order valence-electron chi connectivity index (χ2n) is 15.8. The van der Waals surface area contributed by atoms with Crippen molar-refractivity contribution in [2.24, 2.45) is 41.4 Å². The zero-order valence-electron chi connectivity index (χ0n) is 27.0. The highest BCUT2D eigenvalue weighted by atomic mass is 16.6. The van der Waals surface area contributed by atoms with Gasteiger partial charge in [0.15, 0.2) is 0 Å². The van der Waals surface area contributed by atoms with E-state index in [1.54, 1.807) is 11.9 Å². The average molecular weight is 611 g/mol.